The van der Waals surface area contributed by atoms with Crippen LogP contribution in [-0.2, 0) is 5.41 Å². The molecule has 0 N–H and O–H groups in total. The Morgan fingerprint density at radius 3 is 1.26 bits per heavy atom. The SMILES string of the molecule is c1ccc(-n2c3ccc(-c4ccc5c(c4)c4cc(-c6cccc7c6-c6cccc8nc(-n9c%10ccccc%10c%10cc(-c%11ccc%12c(c%11)C(c%11ccccc%11)(c%11ccccc%11)c%11ccccc%11-%12)ccc%109)cc-7c68)ccc4n5-c4ccccc4)cc3c3cc(-c4cc5c6c(cccc6n4)-c4ccccc4-5)ccc32)cc1. The average molecular weight is 1370 g/mol. The molecule has 5 nitrogen and oxygen atoms in total. The minimum absolute atomic E-state index is 0.495. The van der Waals surface area contributed by atoms with Crippen molar-refractivity contribution in [2.24, 2.45) is 0 Å². The van der Waals surface area contributed by atoms with Crippen LogP contribution in [0.25, 0.3) is 205 Å². The first kappa shape index (κ1) is 59.2. The van der Waals surface area contributed by atoms with Gasteiger partial charge in [0.1, 0.15) is 5.82 Å². The first-order valence-electron chi connectivity index (χ1n) is 37.3. The Bertz CT molecular complexity index is 7420. The highest BCUT2D eigenvalue weighted by Crippen LogP contribution is 2.58. The van der Waals surface area contributed by atoms with Crippen LogP contribution in [0.2, 0.25) is 0 Å². The molecule has 0 aliphatic heterocycles. The topological polar surface area (TPSA) is 40.6 Å². The summed E-state index contributed by atoms with van der Waals surface area (Å²) in [6.07, 6.45) is 0. The maximum absolute atomic E-state index is 5.66. The summed E-state index contributed by atoms with van der Waals surface area (Å²) in [5.41, 5.74) is 37.2. The molecule has 5 aromatic heterocycles. The Morgan fingerprint density at radius 1 is 0.213 bits per heavy atom. The van der Waals surface area contributed by atoms with E-state index in [4.69, 9.17) is 9.97 Å². The van der Waals surface area contributed by atoms with E-state index >= 15 is 0 Å². The van der Waals surface area contributed by atoms with Gasteiger partial charge in [0, 0.05) is 60.0 Å². The van der Waals surface area contributed by atoms with E-state index in [-0.39, 0.29) is 0 Å². The summed E-state index contributed by atoms with van der Waals surface area (Å²) in [5, 5.41) is 9.55. The van der Waals surface area contributed by atoms with Gasteiger partial charge in [-0.3, -0.25) is 4.57 Å². The highest BCUT2D eigenvalue weighted by atomic mass is 15.1. The maximum Gasteiger partial charge on any atom is 0.138 e. The molecule has 21 aromatic rings. The van der Waals surface area contributed by atoms with Crippen molar-refractivity contribution in [2.45, 2.75) is 5.41 Å². The van der Waals surface area contributed by atoms with Gasteiger partial charge in [-0.05, 0) is 233 Å². The number of benzene rings is 16. The molecule has 0 spiro atoms. The van der Waals surface area contributed by atoms with Crippen molar-refractivity contribution >= 4 is 87.2 Å². The van der Waals surface area contributed by atoms with E-state index in [1.165, 1.54) is 138 Å². The molecule has 3 aliphatic carbocycles. The number of hydrogen-bond acceptors (Lipinski definition) is 2. The third-order valence-electron chi connectivity index (χ3n) is 24.0. The zero-order chi connectivity index (χ0) is 70.5. The molecular weight excluding hydrogens is 1310 g/mol. The van der Waals surface area contributed by atoms with Crippen LogP contribution >= 0.6 is 0 Å². The molecular formula is C103H61N5. The number of aromatic nitrogens is 5. The van der Waals surface area contributed by atoms with Crippen molar-refractivity contribution in [3.05, 3.63) is 392 Å². The van der Waals surface area contributed by atoms with Crippen molar-refractivity contribution in [1.82, 2.24) is 23.7 Å². The fraction of sp³-hybridized carbons (Fsp3) is 0.00971. The lowest BCUT2D eigenvalue weighted by Crippen LogP contribution is -2.28. The largest absolute Gasteiger partial charge is 0.309 e. The highest BCUT2D eigenvalue weighted by Gasteiger charge is 2.46. The normalized spacial score (nSPS) is 12.9. The van der Waals surface area contributed by atoms with E-state index in [1.807, 2.05) is 0 Å². The number of rotatable bonds is 9. The lowest BCUT2D eigenvalue weighted by Gasteiger charge is -2.34. The number of nitrogens with zero attached hydrogens (tertiary/aromatic N) is 5. The van der Waals surface area contributed by atoms with E-state index in [1.54, 1.807) is 0 Å². The molecule has 498 valence electrons. The van der Waals surface area contributed by atoms with Gasteiger partial charge in [-0.15, -0.1) is 0 Å². The summed E-state index contributed by atoms with van der Waals surface area (Å²) < 4.78 is 7.24. The molecule has 5 heterocycles. The third-order valence-corrected chi connectivity index (χ3v) is 24.0. The molecule has 108 heavy (non-hydrogen) atoms. The molecule has 0 amide bonds. The zero-order valence-electron chi connectivity index (χ0n) is 58.5. The third kappa shape index (κ3) is 8.24. The fourth-order valence-corrected chi connectivity index (χ4v) is 19.4. The Morgan fingerprint density at radius 2 is 0.620 bits per heavy atom. The summed E-state index contributed by atoms with van der Waals surface area (Å²) in [4.78, 5) is 11.1. The molecule has 5 heteroatoms. The van der Waals surface area contributed by atoms with E-state index in [9.17, 15) is 0 Å². The van der Waals surface area contributed by atoms with E-state index in [0.717, 1.165) is 89.3 Å². The van der Waals surface area contributed by atoms with Crippen molar-refractivity contribution in [3.63, 3.8) is 0 Å². The predicted octanol–water partition coefficient (Wildman–Crippen LogP) is 26.4. The van der Waals surface area contributed by atoms with Crippen molar-refractivity contribution in [2.75, 3.05) is 0 Å². The first-order valence-corrected chi connectivity index (χ1v) is 37.3. The zero-order valence-corrected chi connectivity index (χ0v) is 58.5. The molecule has 0 saturated heterocycles. The molecule has 3 aliphatic rings. The van der Waals surface area contributed by atoms with Gasteiger partial charge in [0.2, 0.25) is 0 Å². The van der Waals surface area contributed by atoms with Crippen LogP contribution in [0.5, 0.6) is 0 Å². The van der Waals surface area contributed by atoms with Crippen molar-refractivity contribution in [3.8, 4) is 117 Å². The summed E-state index contributed by atoms with van der Waals surface area (Å²) in [6, 6.07) is 138. The van der Waals surface area contributed by atoms with Crippen molar-refractivity contribution in [1.29, 1.82) is 0 Å². The number of pyridine rings is 2. The minimum atomic E-state index is -0.495. The molecule has 0 unspecified atom stereocenters. The number of fused-ring (bicyclic) bond motifs is 18. The van der Waals surface area contributed by atoms with Crippen LogP contribution in [0.15, 0.2) is 370 Å². The Balaban J connectivity index is 0.629. The molecule has 0 bridgehead atoms. The Kier molecular flexibility index (Phi) is 12.3. The van der Waals surface area contributed by atoms with Gasteiger partial charge in [0.05, 0.1) is 55.2 Å². The second-order valence-electron chi connectivity index (χ2n) is 29.4. The second kappa shape index (κ2) is 22.4. The fourth-order valence-electron chi connectivity index (χ4n) is 19.4. The van der Waals surface area contributed by atoms with Gasteiger partial charge < -0.3 is 9.13 Å². The number of para-hydroxylation sites is 3. The Labute approximate surface area is 622 Å². The van der Waals surface area contributed by atoms with Crippen LogP contribution in [-0.4, -0.2) is 23.7 Å². The first-order chi connectivity index (χ1) is 53.6. The van der Waals surface area contributed by atoms with Gasteiger partial charge in [-0.25, -0.2) is 9.97 Å². The van der Waals surface area contributed by atoms with Crippen LogP contribution in [0.3, 0.4) is 0 Å². The van der Waals surface area contributed by atoms with Crippen LogP contribution in [0.1, 0.15) is 22.3 Å². The summed E-state index contributed by atoms with van der Waals surface area (Å²) in [5.74, 6) is 0.895. The number of hydrogen-bond donors (Lipinski definition) is 0. The summed E-state index contributed by atoms with van der Waals surface area (Å²) in [6.45, 7) is 0. The lowest BCUT2D eigenvalue weighted by atomic mass is 9.67. The summed E-state index contributed by atoms with van der Waals surface area (Å²) >= 11 is 0. The van der Waals surface area contributed by atoms with Crippen LogP contribution < -0.4 is 0 Å². The smallest absolute Gasteiger partial charge is 0.138 e. The van der Waals surface area contributed by atoms with E-state index < -0.39 is 5.41 Å². The molecule has 0 fully saturated rings. The highest BCUT2D eigenvalue weighted by molar-refractivity contribution is 6.21. The van der Waals surface area contributed by atoms with Crippen LogP contribution in [0.4, 0.5) is 0 Å². The standard InChI is InChI=1S/C103H61N5/c1-5-22-68(23-6-1)103(69-24-7-2-8-25-69)88-38-17-15-32-75(88)76-48-42-65(59-89(76)103)64-45-51-98-81(54-64)77-33-16-18-41-93(77)108(98)99-61-87-79-35-19-34-72(100(79)80-37-21-40-91(105-99)102(80)87)66-46-52-96-84(57-66)82-55-62(43-49-94(82)106(96)70-26-9-3-10-27-70)63-44-50-95-83(56-63)85-58-67(47-53-97(85)107(95)71-28-11-4-12-29-71)92-60-86-74-31-14-13-30-73(74)78-36-20-39-90(104-92)101(78)86/h1-61H. The average Bonchev–Trinajstić information content (AvgIpc) is 1.54. The molecule has 0 radical (unpaired) electrons. The van der Waals surface area contributed by atoms with Gasteiger partial charge in [0.15, 0.2) is 0 Å². The molecule has 16 aromatic carbocycles. The summed E-state index contributed by atoms with van der Waals surface area (Å²) in [7, 11) is 0. The monoisotopic (exact) mass is 1370 g/mol. The quantitative estimate of drug-likeness (QED) is 0.144. The van der Waals surface area contributed by atoms with E-state index in [0.29, 0.717) is 0 Å². The second-order valence-corrected chi connectivity index (χ2v) is 29.4. The van der Waals surface area contributed by atoms with Crippen molar-refractivity contribution < 1.29 is 0 Å². The van der Waals surface area contributed by atoms with E-state index in [2.05, 4.69) is 384 Å². The van der Waals surface area contributed by atoms with Gasteiger partial charge >= 0.3 is 0 Å². The molecule has 0 atom stereocenters. The minimum Gasteiger partial charge on any atom is -0.309 e. The molecule has 24 rings (SSSR count). The molecule has 0 saturated carbocycles. The Hall–Kier alpha value is -14.3. The van der Waals surface area contributed by atoms with Gasteiger partial charge in [-0.1, -0.05) is 249 Å². The van der Waals surface area contributed by atoms with Crippen LogP contribution in [0, 0.1) is 0 Å². The van der Waals surface area contributed by atoms with Gasteiger partial charge in [-0.2, -0.15) is 0 Å². The van der Waals surface area contributed by atoms with Gasteiger partial charge in [0.25, 0.3) is 0 Å². The maximum atomic E-state index is 5.66. The predicted molar refractivity (Wildman–Crippen MR) is 448 cm³/mol. The lowest BCUT2D eigenvalue weighted by molar-refractivity contribution is 0.769.